The average molecular weight is 1060 g/mol. The minimum atomic E-state index is -1.93. The smallest absolute Gasteiger partial charge is 0.326 e. The second-order valence-corrected chi connectivity index (χ2v) is 17.4. The van der Waals surface area contributed by atoms with Crippen molar-refractivity contribution in [1.29, 1.82) is 0 Å². The number of amides is 8. The number of nitrogens with zero attached hydrogens (tertiary/aromatic N) is 2. The molecule has 0 fully saturated rings. The van der Waals surface area contributed by atoms with Gasteiger partial charge < -0.3 is 91.2 Å². The van der Waals surface area contributed by atoms with Crippen LogP contribution in [0.5, 0.6) is 0 Å². The Morgan fingerprint density at radius 1 is 0.689 bits per heavy atom. The van der Waals surface area contributed by atoms with E-state index in [9.17, 15) is 63.3 Å². The molecule has 30 heteroatoms. The number of thiol groups is 1. The van der Waals surface area contributed by atoms with Gasteiger partial charge in [0, 0.05) is 54.1 Å². The molecule has 74 heavy (non-hydrogen) atoms. The van der Waals surface area contributed by atoms with Gasteiger partial charge in [-0.05, 0) is 57.2 Å². The van der Waals surface area contributed by atoms with E-state index >= 15 is 0 Å². The SMILES string of the molecule is C[C@@H](O)[C@H](NC(=O)[C@H](CS)NC(=O)[C@H](CC(N)=O)NC(=O)[C@H](Cc1c[nH]c2ccccc12)NC(=O)[C@H](CCCCN)NC(=O)[C@@H](N)CCCN=C(N)N)C(=O)N[C@@H](CC(=O)O)C(=O)N[C@@H](Cc1cnc[nH]1)C(=O)O. The summed E-state index contributed by atoms with van der Waals surface area (Å²) in [5, 5.41) is 46.8. The van der Waals surface area contributed by atoms with Crippen molar-refractivity contribution < 1.29 is 63.3 Å². The maximum atomic E-state index is 14.3. The number of aromatic nitrogens is 3. The van der Waals surface area contributed by atoms with E-state index in [1.54, 1.807) is 30.5 Å². The lowest BCUT2D eigenvalue weighted by Gasteiger charge is -2.28. The number of guanidine groups is 1. The number of primary amides is 1. The third kappa shape index (κ3) is 20.0. The number of aliphatic hydroxyl groups is 1. The molecule has 3 rings (SSSR count). The number of imidazole rings is 1. The molecule has 0 unspecified atom stereocenters. The van der Waals surface area contributed by atoms with Crippen molar-refractivity contribution in [3.05, 3.63) is 54.2 Å². The maximum Gasteiger partial charge on any atom is 0.326 e. The zero-order valence-electron chi connectivity index (χ0n) is 40.4. The van der Waals surface area contributed by atoms with Crippen LogP contribution in [0.25, 0.3) is 10.9 Å². The van der Waals surface area contributed by atoms with Crippen LogP contribution in [0.2, 0.25) is 0 Å². The zero-order valence-corrected chi connectivity index (χ0v) is 41.3. The first kappa shape index (κ1) is 60.5. The topological polar surface area (TPSA) is 503 Å². The number of carboxylic acid groups (broad SMARTS) is 2. The summed E-state index contributed by atoms with van der Waals surface area (Å²) in [5.41, 5.74) is 29.6. The highest BCUT2D eigenvalue weighted by molar-refractivity contribution is 7.80. The van der Waals surface area contributed by atoms with E-state index in [-0.39, 0.29) is 44.7 Å². The van der Waals surface area contributed by atoms with E-state index in [1.807, 2.05) is 0 Å². The van der Waals surface area contributed by atoms with Crippen LogP contribution in [0.15, 0.2) is 48.0 Å². The highest BCUT2D eigenvalue weighted by Crippen LogP contribution is 2.20. The lowest BCUT2D eigenvalue weighted by molar-refractivity contribution is -0.144. The summed E-state index contributed by atoms with van der Waals surface area (Å²) < 4.78 is 0. The summed E-state index contributed by atoms with van der Waals surface area (Å²) in [7, 11) is 0. The fraction of sp³-hybridized carbons (Fsp3) is 0.500. The summed E-state index contributed by atoms with van der Waals surface area (Å²) in [6.45, 7) is 1.53. The van der Waals surface area contributed by atoms with Crippen LogP contribution in [0.4, 0.5) is 0 Å². The fourth-order valence-corrected chi connectivity index (χ4v) is 7.49. The van der Waals surface area contributed by atoms with Crippen molar-refractivity contribution >= 4 is 88.7 Å². The van der Waals surface area contributed by atoms with Crippen LogP contribution in [-0.2, 0) is 60.8 Å². The second kappa shape index (κ2) is 30.3. The van der Waals surface area contributed by atoms with Gasteiger partial charge in [-0.25, -0.2) is 9.78 Å². The number of benzene rings is 1. The average Bonchev–Trinajstić information content (AvgIpc) is 4.01. The normalized spacial score (nSPS) is 14.7. The molecule has 0 saturated heterocycles. The van der Waals surface area contributed by atoms with Crippen LogP contribution < -0.4 is 65.9 Å². The van der Waals surface area contributed by atoms with Crippen molar-refractivity contribution in [1.82, 2.24) is 52.2 Å². The summed E-state index contributed by atoms with van der Waals surface area (Å²) in [6.07, 6.45) is 1.43. The Labute approximate surface area is 428 Å². The number of hydrogen-bond acceptors (Lipinski definition) is 16. The van der Waals surface area contributed by atoms with Gasteiger partial charge in [0.15, 0.2) is 5.96 Å². The number of H-pyrrole nitrogens is 2. The molecule has 0 saturated carbocycles. The van der Waals surface area contributed by atoms with Crippen molar-refractivity contribution in [2.24, 2.45) is 33.7 Å². The quantitative estimate of drug-likeness (QED) is 0.0117. The van der Waals surface area contributed by atoms with Gasteiger partial charge in [-0.3, -0.25) is 48.1 Å². The van der Waals surface area contributed by atoms with Crippen LogP contribution in [0, 0.1) is 0 Å². The maximum absolute atomic E-state index is 14.3. The molecular weight excluding hydrogens is 993 g/mol. The molecule has 0 aliphatic heterocycles. The van der Waals surface area contributed by atoms with E-state index in [0.717, 1.165) is 6.92 Å². The molecule has 29 nitrogen and oxygen atoms in total. The Hall–Kier alpha value is -7.83. The summed E-state index contributed by atoms with van der Waals surface area (Å²) in [5.74, 6) is -12.2. The highest BCUT2D eigenvalue weighted by atomic mass is 32.1. The van der Waals surface area contributed by atoms with E-state index in [2.05, 4.69) is 69.8 Å². The Morgan fingerprint density at radius 3 is 1.86 bits per heavy atom. The van der Waals surface area contributed by atoms with Crippen molar-refractivity contribution in [2.45, 2.75) is 119 Å². The second-order valence-electron chi connectivity index (χ2n) is 17.1. The number of aliphatic imine (C=N–C) groups is 1. The number of nitrogens with two attached hydrogens (primary N) is 5. The van der Waals surface area contributed by atoms with Crippen molar-refractivity contribution in [3.8, 4) is 0 Å². The largest absolute Gasteiger partial charge is 0.481 e. The van der Waals surface area contributed by atoms with E-state index in [4.69, 9.17) is 28.7 Å². The van der Waals surface area contributed by atoms with Gasteiger partial charge >= 0.3 is 11.9 Å². The number of para-hydroxylation sites is 1. The molecule has 2 aromatic heterocycles. The fourth-order valence-electron chi connectivity index (χ4n) is 7.24. The number of hydrogen-bond donors (Lipinski definition) is 18. The number of aromatic amines is 2. The molecule has 0 radical (unpaired) electrons. The first-order valence-electron chi connectivity index (χ1n) is 23.2. The van der Waals surface area contributed by atoms with Crippen molar-refractivity contribution in [2.75, 3.05) is 18.8 Å². The lowest BCUT2D eigenvalue weighted by atomic mass is 10.0. The number of nitrogens with one attached hydrogen (secondary N) is 9. The number of rotatable bonds is 33. The third-order valence-corrected chi connectivity index (χ3v) is 11.5. The predicted octanol–water partition coefficient (Wildman–Crippen LogP) is -5.68. The van der Waals surface area contributed by atoms with E-state index in [0.29, 0.717) is 41.4 Å². The molecular formula is C44H66N16O13S. The molecule has 0 spiro atoms. The van der Waals surface area contributed by atoms with Crippen molar-refractivity contribution in [3.63, 3.8) is 0 Å². The van der Waals surface area contributed by atoms with Gasteiger partial charge in [0.25, 0.3) is 0 Å². The minimum Gasteiger partial charge on any atom is -0.481 e. The Morgan fingerprint density at radius 2 is 1.27 bits per heavy atom. The van der Waals surface area contributed by atoms with Gasteiger partial charge in [-0.2, -0.15) is 12.6 Å². The minimum absolute atomic E-state index is 0.0765. The Balaban J connectivity index is 1.85. The molecule has 8 amide bonds. The Bertz CT molecular complexity index is 2450. The summed E-state index contributed by atoms with van der Waals surface area (Å²) in [4.78, 5) is 145. The standard InChI is InChI=1S/C44H66N16O13S/c1-21(61)35(42(71)57-30(16-34(63)64)40(69)58-31(43(72)73)14-23-18-50-20-53-23)60-41(70)32(19-74)59-39(68)29(15-33(47)62)56-38(67)28(13-22-17-52-26-9-3-2-7-24(22)26)55-37(66)27(10-4-5-11-45)54-36(65)25(46)8-6-12-51-44(48)49/h2-3,7,9,17-18,20-21,25,27-32,35,52,61,74H,4-6,8,10-16,19,45-46H2,1H3,(H2,47,62)(H,50,53)(H,54,65)(H,55,66)(H,56,67)(H,57,71)(H,58,69)(H,59,68)(H,60,70)(H,63,64)(H,72,73)(H4,48,49,51)/t21-,25+,27+,28+,29+,30+,31+,32+,35+/m1/s1. The third-order valence-electron chi connectivity index (χ3n) is 11.1. The number of aliphatic carboxylic acids is 2. The number of aliphatic hydroxyl groups excluding tert-OH is 1. The summed E-state index contributed by atoms with van der Waals surface area (Å²) in [6, 6.07) is -5.73. The first-order valence-corrected chi connectivity index (χ1v) is 23.9. The molecule has 3 aromatic rings. The number of unbranched alkanes of at least 4 members (excludes halogenated alkanes) is 1. The molecule has 0 aliphatic carbocycles. The van der Waals surface area contributed by atoms with Crippen LogP contribution >= 0.6 is 12.6 Å². The first-order chi connectivity index (χ1) is 35.0. The van der Waals surface area contributed by atoms with Gasteiger partial charge in [-0.15, -0.1) is 0 Å². The molecule has 2 heterocycles. The number of carbonyl (C=O) groups is 10. The van der Waals surface area contributed by atoms with Crippen LogP contribution in [0.1, 0.15) is 63.1 Å². The molecule has 406 valence electrons. The van der Waals surface area contributed by atoms with Gasteiger partial charge in [0.05, 0.1) is 31.3 Å². The van der Waals surface area contributed by atoms with E-state index < -0.39 is 132 Å². The molecule has 22 N–H and O–H groups in total. The molecule has 0 bridgehead atoms. The predicted molar refractivity (Wildman–Crippen MR) is 268 cm³/mol. The van der Waals surface area contributed by atoms with Gasteiger partial charge in [0.2, 0.25) is 47.3 Å². The lowest BCUT2D eigenvalue weighted by Crippen LogP contribution is -2.62. The Kier molecular flexibility index (Phi) is 24.7. The van der Waals surface area contributed by atoms with Gasteiger partial charge in [-0.1, -0.05) is 18.2 Å². The monoisotopic (exact) mass is 1060 g/mol. The van der Waals surface area contributed by atoms with Crippen LogP contribution in [-0.4, -0.2) is 169 Å². The molecule has 9 atom stereocenters. The highest BCUT2D eigenvalue weighted by Gasteiger charge is 2.36. The summed E-state index contributed by atoms with van der Waals surface area (Å²) >= 11 is 4.13. The molecule has 0 aliphatic rings. The number of carboxylic acids is 2. The number of carbonyl (C=O) groups excluding carboxylic acids is 8. The molecule has 1 aromatic carbocycles. The van der Waals surface area contributed by atoms with Gasteiger partial charge in [0.1, 0.15) is 42.3 Å². The number of fused-ring (bicyclic) bond motifs is 1. The van der Waals surface area contributed by atoms with E-state index in [1.165, 1.54) is 12.5 Å². The zero-order chi connectivity index (χ0) is 55.1. The van der Waals surface area contributed by atoms with Crippen LogP contribution in [0.3, 0.4) is 0 Å².